The highest BCUT2D eigenvalue weighted by Gasteiger charge is 2.25. The number of anilines is 1. The minimum atomic E-state index is -0.259. The molecule has 28 heavy (non-hydrogen) atoms. The van der Waals surface area contributed by atoms with Gasteiger partial charge in [0.2, 0.25) is 0 Å². The summed E-state index contributed by atoms with van der Waals surface area (Å²) in [6, 6.07) is 9.35. The molecule has 4 heterocycles. The maximum atomic E-state index is 13.2. The van der Waals surface area contributed by atoms with E-state index >= 15 is 0 Å². The second-order valence-corrected chi connectivity index (χ2v) is 7.62. The zero-order valence-electron chi connectivity index (χ0n) is 15.1. The fourth-order valence-corrected chi connectivity index (χ4v) is 4.42. The number of nitrogens with one attached hydrogen (secondary N) is 2. The Morgan fingerprint density at radius 2 is 2.07 bits per heavy atom. The Bertz CT molecular complexity index is 1220. The van der Waals surface area contributed by atoms with Crippen LogP contribution in [-0.4, -0.2) is 35.2 Å². The molecule has 0 fully saturated rings. The average Bonchev–Trinajstić information content (AvgIpc) is 3.38. The Morgan fingerprint density at radius 1 is 1.21 bits per heavy atom. The van der Waals surface area contributed by atoms with Gasteiger partial charge in [-0.05, 0) is 19.1 Å². The zero-order chi connectivity index (χ0) is 19.1. The lowest BCUT2D eigenvalue weighted by Gasteiger charge is -2.20. The third-order valence-electron chi connectivity index (χ3n) is 4.70. The number of H-pyrrole nitrogens is 1. The molecule has 1 atom stereocenters. The van der Waals surface area contributed by atoms with Crippen molar-refractivity contribution in [2.45, 2.75) is 24.3 Å². The number of thioether (sulfide) groups is 1. The summed E-state index contributed by atoms with van der Waals surface area (Å²) in [5, 5.41) is 3.36. The number of hydrogen-bond donors (Lipinski definition) is 2. The summed E-state index contributed by atoms with van der Waals surface area (Å²) in [6.45, 7) is 1.97. The summed E-state index contributed by atoms with van der Waals surface area (Å²) in [5.74, 6) is 2.17. The van der Waals surface area contributed by atoms with Gasteiger partial charge in [-0.2, -0.15) is 0 Å². The van der Waals surface area contributed by atoms with Crippen molar-refractivity contribution >= 4 is 28.7 Å². The van der Waals surface area contributed by atoms with Crippen molar-refractivity contribution in [3.8, 4) is 5.69 Å². The quantitative estimate of drug-likeness (QED) is 0.551. The molecule has 8 nitrogen and oxygen atoms in total. The van der Waals surface area contributed by atoms with Crippen LogP contribution in [0.15, 0.2) is 52.7 Å². The van der Waals surface area contributed by atoms with E-state index in [0.29, 0.717) is 17.3 Å². The van der Waals surface area contributed by atoms with E-state index in [-0.39, 0.29) is 11.6 Å². The van der Waals surface area contributed by atoms with Gasteiger partial charge in [0.1, 0.15) is 17.7 Å². The summed E-state index contributed by atoms with van der Waals surface area (Å²) in [7, 11) is 0. The fraction of sp³-hybridized carbons (Fsp3) is 0.211. The first-order valence-corrected chi connectivity index (χ1v) is 9.95. The van der Waals surface area contributed by atoms with Crippen molar-refractivity contribution in [2.75, 3.05) is 11.1 Å². The second-order valence-electron chi connectivity index (χ2n) is 6.51. The molecule has 3 aromatic heterocycles. The van der Waals surface area contributed by atoms with Gasteiger partial charge in [0.25, 0.3) is 5.56 Å². The molecule has 0 amide bonds. The molecule has 0 saturated heterocycles. The molecule has 4 aromatic rings. The highest BCUT2D eigenvalue weighted by Crippen LogP contribution is 2.29. The van der Waals surface area contributed by atoms with E-state index in [1.54, 1.807) is 22.7 Å². The van der Waals surface area contributed by atoms with E-state index < -0.39 is 0 Å². The van der Waals surface area contributed by atoms with Crippen LogP contribution in [0.25, 0.3) is 16.9 Å². The molecule has 2 N–H and O–H groups in total. The Balaban J connectivity index is 1.64. The standard InChI is InChI=1S/C19H17N7OS/c1-11(24-17-14-16(21-9-20-14)22-10-23-17)18-25-13-7-8-28-15(13)19(27)26(18)12-5-3-2-4-6-12/h2-6,9-11H,7-8H2,1H3,(H2,20,21,22,23,24). The van der Waals surface area contributed by atoms with Gasteiger partial charge in [-0.1, -0.05) is 18.2 Å². The largest absolute Gasteiger partial charge is 0.358 e. The third kappa shape index (κ3) is 2.75. The number of rotatable bonds is 4. The minimum absolute atomic E-state index is 0.0169. The van der Waals surface area contributed by atoms with Crippen molar-refractivity contribution < 1.29 is 0 Å². The lowest BCUT2D eigenvalue weighted by molar-refractivity contribution is 0.692. The summed E-state index contributed by atoms with van der Waals surface area (Å²) in [5.41, 5.74) is 2.97. The molecular formula is C19H17N7OS. The molecule has 1 unspecified atom stereocenters. The van der Waals surface area contributed by atoms with Crippen molar-refractivity contribution in [3.63, 3.8) is 0 Å². The van der Waals surface area contributed by atoms with Crippen LogP contribution >= 0.6 is 11.8 Å². The number of aromatic amines is 1. The number of benzene rings is 1. The first-order chi connectivity index (χ1) is 13.7. The molecule has 140 valence electrons. The van der Waals surface area contributed by atoms with Crippen LogP contribution in [0.3, 0.4) is 0 Å². The lowest BCUT2D eigenvalue weighted by Crippen LogP contribution is -2.29. The zero-order valence-corrected chi connectivity index (χ0v) is 15.9. The monoisotopic (exact) mass is 391 g/mol. The lowest BCUT2D eigenvalue weighted by atomic mass is 10.2. The maximum Gasteiger partial charge on any atom is 0.272 e. The predicted molar refractivity (Wildman–Crippen MR) is 108 cm³/mol. The van der Waals surface area contributed by atoms with Crippen LogP contribution in [0.1, 0.15) is 24.5 Å². The van der Waals surface area contributed by atoms with Gasteiger partial charge in [0.15, 0.2) is 11.5 Å². The minimum Gasteiger partial charge on any atom is -0.358 e. The molecule has 1 aliphatic rings. The van der Waals surface area contributed by atoms with Crippen molar-refractivity contribution in [3.05, 3.63) is 64.9 Å². The Kier molecular flexibility index (Phi) is 4.09. The topological polar surface area (TPSA) is 101 Å². The number of aryl methyl sites for hydroxylation is 1. The Hall–Kier alpha value is -3.20. The SMILES string of the molecule is CC(Nc1ncnc2nc[nH]c12)c1nc2c(c(=O)n1-c1ccccc1)SCC2. The highest BCUT2D eigenvalue weighted by molar-refractivity contribution is 7.99. The molecule has 5 rings (SSSR count). The molecule has 0 radical (unpaired) electrons. The number of imidazole rings is 1. The van der Waals surface area contributed by atoms with E-state index in [4.69, 9.17) is 4.98 Å². The number of hydrogen-bond acceptors (Lipinski definition) is 7. The first-order valence-electron chi connectivity index (χ1n) is 8.97. The Labute approximate surface area is 164 Å². The highest BCUT2D eigenvalue weighted by atomic mass is 32.2. The molecule has 1 aromatic carbocycles. The predicted octanol–water partition coefficient (Wildman–Crippen LogP) is 2.72. The second kappa shape index (κ2) is 6.75. The number of aromatic nitrogens is 6. The average molecular weight is 391 g/mol. The molecule has 0 aliphatic carbocycles. The van der Waals surface area contributed by atoms with E-state index in [0.717, 1.165) is 34.0 Å². The van der Waals surface area contributed by atoms with Gasteiger partial charge in [0, 0.05) is 12.2 Å². The molecule has 0 spiro atoms. The Morgan fingerprint density at radius 3 is 2.93 bits per heavy atom. The number of nitrogens with zero attached hydrogens (tertiary/aromatic N) is 5. The smallest absolute Gasteiger partial charge is 0.272 e. The van der Waals surface area contributed by atoms with Gasteiger partial charge >= 0.3 is 0 Å². The summed E-state index contributed by atoms with van der Waals surface area (Å²) in [6.07, 6.45) is 3.86. The van der Waals surface area contributed by atoms with Gasteiger partial charge in [0.05, 0.1) is 28.6 Å². The summed E-state index contributed by atoms with van der Waals surface area (Å²) >= 11 is 1.58. The van der Waals surface area contributed by atoms with Crippen LogP contribution in [-0.2, 0) is 6.42 Å². The van der Waals surface area contributed by atoms with E-state index in [2.05, 4.69) is 25.3 Å². The summed E-state index contributed by atoms with van der Waals surface area (Å²) in [4.78, 5) is 34.5. The third-order valence-corrected chi connectivity index (χ3v) is 5.81. The fourth-order valence-electron chi connectivity index (χ4n) is 3.39. The van der Waals surface area contributed by atoms with Gasteiger partial charge in [-0.15, -0.1) is 11.8 Å². The van der Waals surface area contributed by atoms with Crippen molar-refractivity contribution in [2.24, 2.45) is 0 Å². The van der Waals surface area contributed by atoms with Crippen LogP contribution in [0, 0.1) is 0 Å². The number of fused-ring (bicyclic) bond motifs is 2. The van der Waals surface area contributed by atoms with Crippen LogP contribution in [0.2, 0.25) is 0 Å². The maximum absolute atomic E-state index is 13.2. The van der Waals surface area contributed by atoms with Gasteiger partial charge in [-0.25, -0.2) is 19.9 Å². The molecule has 9 heteroatoms. The van der Waals surface area contributed by atoms with E-state index in [1.807, 2.05) is 37.3 Å². The van der Waals surface area contributed by atoms with E-state index in [9.17, 15) is 4.79 Å². The number of para-hydroxylation sites is 1. The molecule has 0 saturated carbocycles. The molecule has 1 aliphatic heterocycles. The van der Waals surface area contributed by atoms with E-state index in [1.165, 1.54) is 6.33 Å². The summed E-state index contributed by atoms with van der Waals surface area (Å²) < 4.78 is 1.69. The molecule has 0 bridgehead atoms. The van der Waals surface area contributed by atoms with Crippen LogP contribution in [0.5, 0.6) is 0 Å². The van der Waals surface area contributed by atoms with Crippen molar-refractivity contribution in [1.29, 1.82) is 0 Å². The van der Waals surface area contributed by atoms with Crippen LogP contribution in [0.4, 0.5) is 5.82 Å². The first kappa shape index (κ1) is 16.9. The van der Waals surface area contributed by atoms with Crippen molar-refractivity contribution in [1.82, 2.24) is 29.5 Å². The molecular weight excluding hydrogens is 374 g/mol. The normalized spacial score (nSPS) is 14.2. The van der Waals surface area contributed by atoms with Gasteiger partial charge < -0.3 is 10.3 Å². The van der Waals surface area contributed by atoms with Crippen LogP contribution < -0.4 is 10.9 Å². The van der Waals surface area contributed by atoms with Gasteiger partial charge in [-0.3, -0.25) is 9.36 Å².